The molecular weight excluding hydrogens is 382 g/mol. The highest BCUT2D eigenvalue weighted by atomic mass is 32.2. The van der Waals surface area contributed by atoms with Crippen LogP contribution in [0.1, 0.15) is 17.5 Å². The van der Waals surface area contributed by atoms with Gasteiger partial charge in [-0.2, -0.15) is 18.3 Å². The maximum absolute atomic E-state index is 13.6. The molecule has 0 radical (unpaired) electrons. The molecule has 1 aliphatic rings. The second kappa shape index (κ2) is 7.72. The summed E-state index contributed by atoms with van der Waals surface area (Å²) in [4.78, 5) is 22.2. The molecule has 0 bridgehead atoms. The van der Waals surface area contributed by atoms with Gasteiger partial charge in [-0.3, -0.25) is 9.59 Å². The highest BCUT2D eigenvalue weighted by Gasteiger charge is 2.38. The molecule has 2 N–H and O–H groups in total. The Labute approximate surface area is 148 Å². The Morgan fingerprint density at radius 2 is 2.15 bits per heavy atom. The topological polar surface area (TPSA) is 100 Å². The number of methoxy groups -OCH3 is 1. The number of thioether (sulfide) groups is 1. The Bertz CT molecular complexity index is 795. The van der Waals surface area contributed by atoms with Crippen molar-refractivity contribution >= 4 is 35.0 Å². The number of ether oxygens (including phenoxy) is 1. The zero-order valence-corrected chi connectivity index (χ0v) is 13.8. The number of amides is 1. The van der Waals surface area contributed by atoms with Gasteiger partial charge in [0.05, 0.1) is 25.3 Å². The fourth-order valence-corrected chi connectivity index (χ4v) is 2.97. The van der Waals surface area contributed by atoms with Crippen molar-refractivity contribution < 1.29 is 37.0 Å². The van der Waals surface area contributed by atoms with E-state index < -0.39 is 46.7 Å². The van der Waals surface area contributed by atoms with Gasteiger partial charge in [-0.25, -0.2) is 4.39 Å². The molecule has 7 nitrogen and oxygen atoms in total. The number of amidine groups is 1. The van der Waals surface area contributed by atoms with E-state index in [0.717, 1.165) is 24.9 Å². The minimum atomic E-state index is -4.99. The molecule has 0 spiro atoms. The van der Waals surface area contributed by atoms with Crippen molar-refractivity contribution in [3.8, 4) is 5.75 Å². The first kappa shape index (κ1) is 19.7. The van der Waals surface area contributed by atoms with Crippen LogP contribution in [0, 0.1) is 5.82 Å². The summed E-state index contributed by atoms with van der Waals surface area (Å²) in [5.74, 6) is -3.57. The first-order chi connectivity index (χ1) is 12.1. The summed E-state index contributed by atoms with van der Waals surface area (Å²) >= 11 is 0.772. The molecule has 1 fully saturated rings. The first-order valence-corrected chi connectivity index (χ1v) is 7.75. The van der Waals surface area contributed by atoms with Crippen molar-refractivity contribution in [2.45, 2.75) is 17.8 Å². The number of nitrogens with one attached hydrogen (secondary N) is 1. The number of hydrogen-bond donors (Lipinski definition) is 2. The summed E-state index contributed by atoms with van der Waals surface area (Å²) in [5.41, 5.74) is -2.23. The highest BCUT2D eigenvalue weighted by molar-refractivity contribution is 8.15. The van der Waals surface area contributed by atoms with Gasteiger partial charge in [0.25, 0.3) is 0 Å². The second-order valence-corrected chi connectivity index (χ2v) is 6.07. The molecule has 1 heterocycles. The number of nitrogens with zero attached hydrogens (tertiary/aromatic N) is 2. The lowest BCUT2D eigenvalue weighted by Crippen LogP contribution is -2.26. The van der Waals surface area contributed by atoms with E-state index in [0.29, 0.717) is 12.3 Å². The zero-order valence-electron chi connectivity index (χ0n) is 13.0. The van der Waals surface area contributed by atoms with Crippen LogP contribution in [0.2, 0.25) is 0 Å². The first-order valence-electron chi connectivity index (χ1n) is 6.87. The number of rotatable bonds is 5. The predicted octanol–water partition coefficient (Wildman–Crippen LogP) is 2.25. The number of carboxylic acid groups (broad SMARTS) is 1. The summed E-state index contributed by atoms with van der Waals surface area (Å²) in [6, 6.07) is 1.63. The van der Waals surface area contributed by atoms with Crippen LogP contribution in [0.25, 0.3) is 0 Å². The van der Waals surface area contributed by atoms with Crippen molar-refractivity contribution in [1.29, 1.82) is 0 Å². The van der Waals surface area contributed by atoms with Gasteiger partial charge in [0, 0.05) is 0 Å². The lowest BCUT2D eigenvalue weighted by molar-refractivity contribution is -0.140. The second-order valence-electron chi connectivity index (χ2n) is 4.88. The van der Waals surface area contributed by atoms with Crippen LogP contribution < -0.4 is 10.1 Å². The van der Waals surface area contributed by atoms with Crippen molar-refractivity contribution in [2.75, 3.05) is 7.11 Å². The van der Waals surface area contributed by atoms with Gasteiger partial charge in [0.2, 0.25) is 5.91 Å². The van der Waals surface area contributed by atoms with Crippen LogP contribution in [0.3, 0.4) is 0 Å². The summed E-state index contributed by atoms with van der Waals surface area (Å²) in [6.45, 7) is 0. The van der Waals surface area contributed by atoms with E-state index in [-0.39, 0.29) is 10.9 Å². The van der Waals surface area contributed by atoms with Gasteiger partial charge in [-0.05, 0) is 12.1 Å². The van der Waals surface area contributed by atoms with Crippen molar-refractivity contribution in [3.63, 3.8) is 0 Å². The van der Waals surface area contributed by atoms with E-state index in [9.17, 15) is 27.2 Å². The van der Waals surface area contributed by atoms with E-state index in [1.165, 1.54) is 0 Å². The van der Waals surface area contributed by atoms with E-state index in [4.69, 9.17) is 9.84 Å². The van der Waals surface area contributed by atoms with Crippen LogP contribution >= 0.6 is 11.8 Å². The molecule has 1 saturated heterocycles. The summed E-state index contributed by atoms with van der Waals surface area (Å²) in [7, 11) is 1.11. The van der Waals surface area contributed by atoms with Crippen LogP contribution in [0.15, 0.2) is 22.3 Å². The molecule has 140 valence electrons. The van der Waals surface area contributed by atoms with E-state index in [2.05, 4.69) is 15.5 Å². The van der Waals surface area contributed by atoms with E-state index >= 15 is 0 Å². The normalized spacial score (nSPS) is 19.2. The molecule has 2 rings (SSSR count). The Kier molecular flexibility index (Phi) is 5.85. The van der Waals surface area contributed by atoms with Crippen molar-refractivity contribution in [1.82, 2.24) is 5.32 Å². The third kappa shape index (κ3) is 4.50. The number of carbonyl (C=O) groups excluding carboxylic acids is 1. The highest BCUT2D eigenvalue weighted by Crippen LogP contribution is 2.37. The molecule has 26 heavy (non-hydrogen) atoms. The molecule has 1 atom stereocenters. The third-order valence-electron chi connectivity index (χ3n) is 3.13. The summed E-state index contributed by atoms with van der Waals surface area (Å²) in [6.07, 6.45) is -4.79. The average molecular weight is 393 g/mol. The molecule has 1 amide bonds. The third-order valence-corrected chi connectivity index (χ3v) is 4.20. The fourth-order valence-electron chi connectivity index (χ4n) is 2.05. The van der Waals surface area contributed by atoms with Crippen LogP contribution in [0.4, 0.5) is 17.6 Å². The Hall–Kier alpha value is -2.63. The lowest BCUT2D eigenvalue weighted by Gasteiger charge is -2.13. The van der Waals surface area contributed by atoms with Gasteiger partial charge < -0.3 is 15.2 Å². The average Bonchev–Trinajstić information content (AvgIpc) is 2.85. The van der Waals surface area contributed by atoms with Gasteiger partial charge in [0.15, 0.2) is 5.17 Å². The van der Waals surface area contributed by atoms with Crippen molar-refractivity contribution in [3.05, 3.63) is 29.1 Å². The molecule has 1 aromatic rings. The molecule has 1 unspecified atom stereocenters. The Morgan fingerprint density at radius 3 is 2.73 bits per heavy atom. The van der Waals surface area contributed by atoms with Crippen LogP contribution in [-0.4, -0.2) is 40.7 Å². The number of halogens is 4. The smallest absolute Gasteiger partial charge is 0.419 e. The molecular formula is C14H11F4N3O4S. The largest absolute Gasteiger partial charge is 0.496 e. The number of benzene rings is 1. The molecule has 0 aromatic heterocycles. The Balaban J connectivity index is 2.30. The van der Waals surface area contributed by atoms with Crippen LogP contribution in [-0.2, 0) is 15.8 Å². The molecule has 0 saturated carbocycles. The van der Waals surface area contributed by atoms with E-state index in [1.807, 2.05) is 0 Å². The minimum absolute atomic E-state index is 0.0820. The number of carboxylic acids is 1. The molecule has 0 aliphatic carbocycles. The molecule has 1 aromatic carbocycles. The SMILES string of the molecule is COc1ccc(F)c(C(F)(F)F)c1C=NN=C1NC(=O)C(CC(=O)O)S1. The molecule has 12 heteroatoms. The maximum atomic E-state index is 13.6. The maximum Gasteiger partial charge on any atom is 0.419 e. The van der Waals surface area contributed by atoms with Crippen LogP contribution in [0.5, 0.6) is 5.75 Å². The monoisotopic (exact) mass is 393 g/mol. The predicted molar refractivity (Wildman–Crippen MR) is 84.8 cm³/mol. The van der Waals surface area contributed by atoms with Crippen molar-refractivity contribution in [2.24, 2.45) is 10.2 Å². The molecule has 1 aliphatic heterocycles. The summed E-state index contributed by atoms with van der Waals surface area (Å²) in [5, 5.41) is 16.9. The van der Waals surface area contributed by atoms with Gasteiger partial charge >= 0.3 is 12.1 Å². The number of hydrogen-bond acceptors (Lipinski definition) is 6. The number of alkyl halides is 3. The zero-order chi connectivity index (χ0) is 19.5. The lowest BCUT2D eigenvalue weighted by atomic mass is 10.1. The minimum Gasteiger partial charge on any atom is -0.496 e. The van der Waals surface area contributed by atoms with E-state index in [1.54, 1.807) is 0 Å². The number of carbonyl (C=O) groups is 2. The Morgan fingerprint density at radius 1 is 1.46 bits per heavy atom. The number of aliphatic carboxylic acids is 1. The fraction of sp³-hybridized carbons (Fsp3) is 0.286. The van der Waals surface area contributed by atoms with Gasteiger partial charge in [0.1, 0.15) is 22.4 Å². The van der Waals surface area contributed by atoms with Gasteiger partial charge in [-0.15, -0.1) is 5.10 Å². The van der Waals surface area contributed by atoms with Gasteiger partial charge in [-0.1, -0.05) is 11.8 Å². The quantitative estimate of drug-likeness (QED) is 0.454. The standard InChI is InChI=1S/C14H11F4N3O4S/c1-25-8-3-2-7(15)11(14(16,17)18)6(8)5-19-21-13-20-12(24)9(26-13)4-10(22)23/h2-3,5,9H,4H2,1H3,(H,22,23)(H,20,21,24). The summed E-state index contributed by atoms with van der Waals surface area (Å²) < 4.78 is 57.6.